The van der Waals surface area contributed by atoms with Crippen LogP contribution in [-0.2, 0) is 5.41 Å². The summed E-state index contributed by atoms with van der Waals surface area (Å²) in [5.74, 6) is -1.32. The minimum absolute atomic E-state index is 0.00188. The first-order valence-corrected chi connectivity index (χ1v) is 8.04. The van der Waals surface area contributed by atoms with Gasteiger partial charge in [0, 0.05) is 30.3 Å². The Hall–Kier alpha value is -1.98. The highest BCUT2D eigenvalue weighted by Gasteiger charge is 2.40. The first kappa shape index (κ1) is 16.9. The van der Waals surface area contributed by atoms with Gasteiger partial charge in [0.2, 0.25) is 0 Å². The lowest BCUT2D eigenvalue weighted by atomic mass is 9.87. The second kappa shape index (κ2) is 6.15. The Bertz CT molecular complexity index is 728. The minimum atomic E-state index is -0.937. The van der Waals surface area contributed by atoms with Gasteiger partial charge in [-0.25, -0.2) is 8.78 Å². The molecule has 0 saturated heterocycles. The van der Waals surface area contributed by atoms with Crippen LogP contribution in [0.1, 0.15) is 31.0 Å². The van der Waals surface area contributed by atoms with E-state index >= 15 is 0 Å². The number of anilines is 1. The number of halogens is 2. The number of nitrogens with two attached hydrogens (primary N) is 1. The first-order chi connectivity index (χ1) is 11.3. The van der Waals surface area contributed by atoms with Crippen molar-refractivity contribution in [2.75, 3.05) is 18.0 Å². The van der Waals surface area contributed by atoms with Gasteiger partial charge in [-0.2, -0.15) is 0 Å². The Morgan fingerprint density at radius 2 is 1.79 bits per heavy atom. The van der Waals surface area contributed by atoms with E-state index in [0.29, 0.717) is 12.1 Å². The minimum Gasteiger partial charge on any atom is -0.389 e. The van der Waals surface area contributed by atoms with Crippen LogP contribution in [0.4, 0.5) is 14.5 Å². The molecule has 2 unspecified atom stereocenters. The molecule has 0 spiro atoms. The first-order valence-electron chi connectivity index (χ1n) is 8.04. The summed E-state index contributed by atoms with van der Waals surface area (Å²) < 4.78 is 27.4. The van der Waals surface area contributed by atoms with Crippen LogP contribution >= 0.6 is 0 Å². The second-order valence-electron chi connectivity index (χ2n) is 6.98. The number of aliphatic hydroxyl groups excluding tert-OH is 1. The topological polar surface area (TPSA) is 49.5 Å². The van der Waals surface area contributed by atoms with Gasteiger partial charge >= 0.3 is 0 Å². The van der Waals surface area contributed by atoms with E-state index in [1.807, 2.05) is 29.2 Å². The largest absolute Gasteiger partial charge is 0.389 e. The molecule has 1 aliphatic heterocycles. The molecule has 0 aliphatic carbocycles. The number of hydrogen-bond acceptors (Lipinski definition) is 3. The number of para-hydroxylation sites is 1. The third-order valence-electron chi connectivity index (χ3n) is 4.68. The van der Waals surface area contributed by atoms with Crippen LogP contribution in [0, 0.1) is 11.6 Å². The lowest BCUT2D eigenvalue weighted by Crippen LogP contribution is -2.41. The molecule has 0 amide bonds. The maximum absolute atomic E-state index is 13.7. The van der Waals surface area contributed by atoms with Gasteiger partial charge in [0.25, 0.3) is 0 Å². The number of hydrogen-bond donors (Lipinski definition) is 2. The molecule has 128 valence electrons. The summed E-state index contributed by atoms with van der Waals surface area (Å²) in [6.45, 7) is 4.86. The van der Waals surface area contributed by atoms with Gasteiger partial charge in [0.1, 0.15) is 11.6 Å². The fraction of sp³-hybridized carbons (Fsp3) is 0.368. The third kappa shape index (κ3) is 2.89. The molecule has 5 heteroatoms. The quantitative estimate of drug-likeness (QED) is 0.904. The molecular weight excluding hydrogens is 310 g/mol. The van der Waals surface area contributed by atoms with Crippen molar-refractivity contribution in [3.63, 3.8) is 0 Å². The van der Waals surface area contributed by atoms with Crippen molar-refractivity contribution >= 4 is 5.69 Å². The molecule has 3 nitrogen and oxygen atoms in total. The summed E-state index contributed by atoms with van der Waals surface area (Å²) >= 11 is 0. The van der Waals surface area contributed by atoms with Crippen molar-refractivity contribution in [1.82, 2.24) is 0 Å². The average Bonchev–Trinajstić information content (AvgIpc) is 2.78. The van der Waals surface area contributed by atoms with Gasteiger partial charge in [-0.15, -0.1) is 0 Å². The number of fused-ring (bicyclic) bond motifs is 1. The normalized spacial score (nSPS) is 18.3. The predicted octanol–water partition coefficient (Wildman–Crippen LogP) is 3.12. The van der Waals surface area contributed by atoms with Gasteiger partial charge < -0.3 is 15.7 Å². The van der Waals surface area contributed by atoms with E-state index in [4.69, 9.17) is 5.73 Å². The van der Waals surface area contributed by atoms with Crippen LogP contribution in [-0.4, -0.2) is 24.3 Å². The molecule has 3 rings (SSSR count). The van der Waals surface area contributed by atoms with Crippen molar-refractivity contribution in [3.8, 4) is 0 Å². The Labute approximate surface area is 140 Å². The van der Waals surface area contributed by atoms with E-state index in [2.05, 4.69) is 13.8 Å². The standard InChI is InChI=1S/C19H22F2N2O/c1-19(2)11-23(16-6-4-3-5-15(16)19)18(17(24)10-22)12-7-13(20)9-14(21)8-12/h3-9,17-18,24H,10-11,22H2,1-2H3. The van der Waals surface area contributed by atoms with Crippen LogP contribution in [0.15, 0.2) is 42.5 Å². The predicted molar refractivity (Wildman–Crippen MR) is 91.0 cm³/mol. The molecule has 24 heavy (non-hydrogen) atoms. The molecule has 1 heterocycles. The summed E-state index contributed by atoms with van der Waals surface area (Å²) in [6.07, 6.45) is -0.937. The molecule has 2 aromatic carbocycles. The maximum atomic E-state index is 13.7. The van der Waals surface area contributed by atoms with Gasteiger partial charge in [-0.1, -0.05) is 32.0 Å². The summed E-state index contributed by atoms with van der Waals surface area (Å²) in [5, 5.41) is 10.5. The summed E-state index contributed by atoms with van der Waals surface area (Å²) in [6, 6.07) is 10.7. The van der Waals surface area contributed by atoms with E-state index in [0.717, 1.165) is 17.3 Å². The number of benzene rings is 2. The van der Waals surface area contributed by atoms with Crippen molar-refractivity contribution in [2.45, 2.75) is 31.4 Å². The van der Waals surface area contributed by atoms with Crippen LogP contribution in [0.25, 0.3) is 0 Å². The Kier molecular flexibility index (Phi) is 4.32. The lowest BCUT2D eigenvalue weighted by molar-refractivity contribution is 0.147. The van der Waals surface area contributed by atoms with E-state index in [-0.39, 0.29) is 12.0 Å². The molecule has 1 aliphatic rings. The highest BCUT2D eigenvalue weighted by Crippen LogP contribution is 2.45. The highest BCUT2D eigenvalue weighted by molar-refractivity contribution is 5.63. The van der Waals surface area contributed by atoms with Gasteiger partial charge in [0.15, 0.2) is 0 Å². The second-order valence-corrected chi connectivity index (χ2v) is 6.98. The van der Waals surface area contributed by atoms with Gasteiger partial charge in [-0.3, -0.25) is 0 Å². The molecular formula is C19H22F2N2O. The van der Waals surface area contributed by atoms with Crippen LogP contribution in [0.3, 0.4) is 0 Å². The highest BCUT2D eigenvalue weighted by atomic mass is 19.1. The molecule has 0 saturated carbocycles. The summed E-state index contributed by atoms with van der Waals surface area (Å²) in [7, 11) is 0. The summed E-state index contributed by atoms with van der Waals surface area (Å²) in [4.78, 5) is 2.00. The Balaban J connectivity index is 2.11. The van der Waals surface area contributed by atoms with Crippen LogP contribution in [0.2, 0.25) is 0 Å². The molecule has 0 bridgehead atoms. The lowest BCUT2D eigenvalue weighted by Gasteiger charge is -2.35. The Morgan fingerprint density at radius 3 is 2.42 bits per heavy atom. The molecule has 0 aromatic heterocycles. The fourth-order valence-electron chi connectivity index (χ4n) is 3.63. The SMILES string of the molecule is CC1(C)CN(C(c2cc(F)cc(F)c2)C(O)CN)c2ccccc21. The van der Waals surface area contributed by atoms with Gasteiger partial charge in [-0.05, 0) is 29.3 Å². The van der Waals surface area contributed by atoms with E-state index < -0.39 is 23.8 Å². The van der Waals surface area contributed by atoms with Crippen molar-refractivity contribution in [2.24, 2.45) is 5.73 Å². The van der Waals surface area contributed by atoms with Crippen LogP contribution in [0.5, 0.6) is 0 Å². The Morgan fingerprint density at radius 1 is 1.17 bits per heavy atom. The summed E-state index contributed by atoms with van der Waals surface area (Å²) in [5.41, 5.74) is 8.05. The van der Waals surface area contributed by atoms with Crippen molar-refractivity contribution in [1.29, 1.82) is 0 Å². The average molecular weight is 332 g/mol. The van der Waals surface area contributed by atoms with Crippen molar-refractivity contribution < 1.29 is 13.9 Å². The molecule has 0 fully saturated rings. The van der Waals surface area contributed by atoms with E-state index in [1.54, 1.807) is 0 Å². The zero-order valence-corrected chi connectivity index (χ0v) is 13.8. The molecule has 3 N–H and O–H groups in total. The zero-order valence-electron chi connectivity index (χ0n) is 13.8. The monoisotopic (exact) mass is 332 g/mol. The maximum Gasteiger partial charge on any atom is 0.126 e. The zero-order chi connectivity index (χ0) is 17.5. The van der Waals surface area contributed by atoms with Crippen LogP contribution < -0.4 is 10.6 Å². The molecule has 2 atom stereocenters. The van der Waals surface area contributed by atoms with Crippen molar-refractivity contribution in [3.05, 3.63) is 65.2 Å². The van der Waals surface area contributed by atoms with Gasteiger partial charge in [0.05, 0.1) is 12.1 Å². The smallest absolute Gasteiger partial charge is 0.126 e. The third-order valence-corrected chi connectivity index (χ3v) is 4.68. The fourth-order valence-corrected chi connectivity index (χ4v) is 3.63. The number of aliphatic hydroxyl groups is 1. The van der Waals surface area contributed by atoms with E-state index in [9.17, 15) is 13.9 Å². The molecule has 2 aromatic rings. The number of rotatable bonds is 4. The van der Waals surface area contributed by atoms with E-state index in [1.165, 1.54) is 12.1 Å². The molecule has 0 radical (unpaired) electrons. The number of nitrogens with zero attached hydrogens (tertiary/aromatic N) is 1.